The van der Waals surface area contributed by atoms with E-state index in [0.717, 1.165) is 32.7 Å². The monoisotopic (exact) mass is 342 g/mol. The molecule has 0 unspecified atom stereocenters. The largest absolute Gasteiger partial charge is 0.493 e. The molecule has 1 aliphatic rings. The van der Waals surface area contributed by atoms with Gasteiger partial charge in [0.2, 0.25) is 0 Å². The highest BCUT2D eigenvalue weighted by Gasteiger charge is 2.17. The minimum atomic E-state index is -0.464. The summed E-state index contributed by atoms with van der Waals surface area (Å²) in [6.07, 6.45) is 0. The number of hydrogen-bond acceptors (Lipinski definition) is 6. The van der Waals surface area contributed by atoms with Crippen LogP contribution in [0.5, 0.6) is 11.5 Å². The Morgan fingerprint density at radius 2 is 1.91 bits per heavy atom. The number of rotatable bonds is 6. The van der Waals surface area contributed by atoms with Crippen molar-refractivity contribution in [3.63, 3.8) is 0 Å². The van der Waals surface area contributed by atoms with E-state index in [1.807, 2.05) is 0 Å². The number of hydrogen-bond donors (Lipinski definition) is 0. The van der Waals surface area contributed by atoms with Gasteiger partial charge in [-0.15, -0.1) is 0 Å². The molecule has 0 spiro atoms. The van der Waals surface area contributed by atoms with Crippen molar-refractivity contribution in [2.45, 2.75) is 0 Å². The Kier molecular flexibility index (Phi) is 6.50. The van der Waals surface area contributed by atoms with E-state index in [4.69, 9.17) is 25.8 Å². The SMILES string of the molecule is COC(=O)c1cc(Cl)c(OCCN2CCN(C)CC2)c(OC)c1. The molecule has 0 saturated carbocycles. The quantitative estimate of drug-likeness (QED) is 0.734. The number of carbonyl (C=O) groups is 1. The lowest BCUT2D eigenvalue weighted by Gasteiger charge is -2.32. The first-order chi connectivity index (χ1) is 11.0. The molecule has 128 valence electrons. The van der Waals surface area contributed by atoms with Gasteiger partial charge in [0.1, 0.15) is 6.61 Å². The smallest absolute Gasteiger partial charge is 0.338 e. The molecule has 0 bridgehead atoms. The van der Waals surface area contributed by atoms with Crippen molar-refractivity contribution in [3.05, 3.63) is 22.7 Å². The fourth-order valence-electron chi connectivity index (χ4n) is 2.44. The lowest BCUT2D eigenvalue weighted by Crippen LogP contribution is -2.45. The molecule has 0 aromatic heterocycles. The zero-order chi connectivity index (χ0) is 16.8. The molecular formula is C16H23ClN2O4. The van der Waals surface area contributed by atoms with Crippen LogP contribution in [0.4, 0.5) is 0 Å². The lowest BCUT2D eigenvalue weighted by molar-refractivity contribution is 0.0600. The van der Waals surface area contributed by atoms with E-state index >= 15 is 0 Å². The topological polar surface area (TPSA) is 51.2 Å². The predicted octanol–water partition coefficient (Wildman–Crippen LogP) is 1.76. The van der Waals surface area contributed by atoms with Crippen molar-refractivity contribution in [2.24, 2.45) is 0 Å². The van der Waals surface area contributed by atoms with Crippen LogP contribution < -0.4 is 9.47 Å². The normalized spacial score (nSPS) is 16.2. The van der Waals surface area contributed by atoms with Gasteiger partial charge >= 0.3 is 5.97 Å². The van der Waals surface area contributed by atoms with E-state index in [9.17, 15) is 4.79 Å². The average molecular weight is 343 g/mol. The molecule has 23 heavy (non-hydrogen) atoms. The first-order valence-corrected chi connectivity index (χ1v) is 7.92. The third kappa shape index (κ3) is 4.73. The maximum atomic E-state index is 11.6. The standard InChI is InChI=1S/C16H23ClN2O4/c1-18-4-6-19(7-5-18)8-9-23-15-13(17)10-12(16(20)22-3)11-14(15)21-2/h10-11H,4-9H2,1-3H3. The van der Waals surface area contributed by atoms with Gasteiger partial charge < -0.3 is 19.1 Å². The van der Waals surface area contributed by atoms with Gasteiger partial charge in [-0.25, -0.2) is 4.79 Å². The number of methoxy groups -OCH3 is 2. The third-order valence-corrected chi connectivity index (χ3v) is 4.18. The molecule has 1 aromatic rings. The average Bonchev–Trinajstić information content (AvgIpc) is 2.56. The molecule has 1 saturated heterocycles. The van der Waals surface area contributed by atoms with E-state index in [0.29, 0.717) is 28.7 Å². The first-order valence-electron chi connectivity index (χ1n) is 7.54. The second kappa shape index (κ2) is 8.38. The van der Waals surface area contributed by atoms with Crippen molar-refractivity contribution in [1.29, 1.82) is 0 Å². The van der Waals surface area contributed by atoms with Crippen LogP contribution in [0, 0.1) is 0 Å². The van der Waals surface area contributed by atoms with Crippen LogP contribution in [0.1, 0.15) is 10.4 Å². The van der Waals surface area contributed by atoms with Crippen molar-refractivity contribution < 1.29 is 19.0 Å². The molecule has 0 N–H and O–H groups in total. The molecule has 0 radical (unpaired) electrons. The van der Waals surface area contributed by atoms with E-state index in [-0.39, 0.29) is 0 Å². The molecule has 0 aliphatic carbocycles. The summed E-state index contributed by atoms with van der Waals surface area (Å²) in [5.41, 5.74) is 0.334. The molecule has 1 heterocycles. The predicted molar refractivity (Wildman–Crippen MR) is 88.8 cm³/mol. The number of benzene rings is 1. The summed E-state index contributed by atoms with van der Waals surface area (Å²) in [6.45, 7) is 5.54. The van der Waals surface area contributed by atoms with Crippen molar-refractivity contribution in [1.82, 2.24) is 9.80 Å². The maximum absolute atomic E-state index is 11.6. The van der Waals surface area contributed by atoms with Gasteiger partial charge in [-0.3, -0.25) is 4.90 Å². The van der Waals surface area contributed by atoms with Gasteiger partial charge in [-0.05, 0) is 19.2 Å². The van der Waals surface area contributed by atoms with Crippen LogP contribution in [0.25, 0.3) is 0 Å². The first kappa shape index (κ1) is 17.8. The zero-order valence-corrected chi connectivity index (χ0v) is 14.6. The van der Waals surface area contributed by atoms with E-state index in [1.165, 1.54) is 20.3 Å². The second-order valence-electron chi connectivity index (χ2n) is 5.47. The van der Waals surface area contributed by atoms with Crippen LogP contribution >= 0.6 is 11.6 Å². The second-order valence-corrected chi connectivity index (χ2v) is 5.88. The summed E-state index contributed by atoms with van der Waals surface area (Å²) in [4.78, 5) is 16.3. The van der Waals surface area contributed by atoms with Crippen LogP contribution in [-0.2, 0) is 4.74 Å². The lowest BCUT2D eigenvalue weighted by atomic mass is 10.2. The number of likely N-dealkylation sites (N-methyl/N-ethyl adjacent to an activating group) is 1. The minimum absolute atomic E-state index is 0.334. The Morgan fingerprint density at radius 1 is 1.22 bits per heavy atom. The van der Waals surface area contributed by atoms with Crippen LogP contribution in [0.15, 0.2) is 12.1 Å². The highest BCUT2D eigenvalue weighted by atomic mass is 35.5. The highest BCUT2D eigenvalue weighted by molar-refractivity contribution is 6.32. The summed E-state index contributed by atoms with van der Waals surface area (Å²) in [5.74, 6) is 0.418. The number of ether oxygens (including phenoxy) is 3. The van der Waals surface area contributed by atoms with Crippen LogP contribution in [0.3, 0.4) is 0 Å². The van der Waals surface area contributed by atoms with Gasteiger partial charge in [0.15, 0.2) is 11.5 Å². The van der Waals surface area contributed by atoms with Crippen molar-refractivity contribution in [3.8, 4) is 11.5 Å². The number of halogens is 1. The van der Waals surface area contributed by atoms with Gasteiger partial charge in [-0.1, -0.05) is 11.6 Å². The van der Waals surface area contributed by atoms with Gasteiger partial charge in [0.25, 0.3) is 0 Å². The molecular weight excluding hydrogens is 320 g/mol. The summed E-state index contributed by atoms with van der Waals surface area (Å²) in [6, 6.07) is 3.10. The van der Waals surface area contributed by atoms with Crippen molar-refractivity contribution in [2.75, 3.05) is 60.6 Å². The molecule has 2 rings (SSSR count). The molecule has 0 atom stereocenters. The Bertz CT molecular complexity index is 545. The number of piperazine rings is 1. The number of nitrogens with zero attached hydrogens (tertiary/aromatic N) is 2. The highest BCUT2D eigenvalue weighted by Crippen LogP contribution is 2.36. The Morgan fingerprint density at radius 3 is 2.52 bits per heavy atom. The van der Waals surface area contributed by atoms with E-state index in [1.54, 1.807) is 6.07 Å². The van der Waals surface area contributed by atoms with E-state index in [2.05, 4.69) is 16.8 Å². The molecule has 0 amide bonds. The summed E-state index contributed by atoms with van der Waals surface area (Å²) in [7, 11) is 4.96. The molecule has 1 aliphatic heterocycles. The maximum Gasteiger partial charge on any atom is 0.338 e. The zero-order valence-electron chi connectivity index (χ0n) is 13.8. The summed E-state index contributed by atoms with van der Waals surface area (Å²) >= 11 is 6.22. The van der Waals surface area contributed by atoms with E-state index < -0.39 is 5.97 Å². The van der Waals surface area contributed by atoms with Crippen LogP contribution in [0.2, 0.25) is 5.02 Å². The minimum Gasteiger partial charge on any atom is -0.493 e. The van der Waals surface area contributed by atoms with Crippen molar-refractivity contribution >= 4 is 17.6 Å². The Hall–Kier alpha value is -1.50. The van der Waals surface area contributed by atoms with Gasteiger partial charge in [0.05, 0.1) is 24.8 Å². The third-order valence-electron chi connectivity index (χ3n) is 3.90. The van der Waals surface area contributed by atoms with Gasteiger partial charge in [-0.2, -0.15) is 0 Å². The summed E-state index contributed by atoms with van der Waals surface area (Å²) < 4.78 is 15.8. The number of esters is 1. The summed E-state index contributed by atoms with van der Waals surface area (Å²) in [5, 5.41) is 0.336. The molecule has 7 heteroatoms. The molecule has 1 aromatic carbocycles. The van der Waals surface area contributed by atoms with Crippen LogP contribution in [-0.4, -0.2) is 76.4 Å². The Balaban J connectivity index is 1.97. The fourth-order valence-corrected chi connectivity index (χ4v) is 2.71. The molecule has 6 nitrogen and oxygen atoms in total. The fraction of sp³-hybridized carbons (Fsp3) is 0.562. The van der Waals surface area contributed by atoms with Gasteiger partial charge in [0, 0.05) is 32.7 Å². The molecule has 1 fully saturated rings. The number of carbonyl (C=O) groups excluding carboxylic acids is 1. The Labute approximate surface area is 141 Å².